The van der Waals surface area contributed by atoms with E-state index in [4.69, 9.17) is 0 Å². The SMILES string of the molecule is Cc1ccc(CC(=O)N2CCN(C(=O)Cc3ccc[nH]3)CC2)cc1. The summed E-state index contributed by atoms with van der Waals surface area (Å²) < 4.78 is 0. The molecule has 0 unspecified atom stereocenters. The number of carbonyl (C=O) groups excluding carboxylic acids is 2. The van der Waals surface area contributed by atoms with Crippen LogP contribution in [0.5, 0.6) is 0 Å². The Kier molecular flexibility index (Phi) is 4.99. The molecule has 5 nitrogen and oxygen atoms in total. The van der Waals surface area contributed by atoms with Crippen molar-refractivity contribution in [3.05, 3.63) is 59.4 Å². The average molecular weight is 325 g/mol. The van der Waals surface area contributed by atoms with Crippen molar-refractivity contribution in [3.63, 3.8) is 0 Å². The highest BCUT2D eigenvalue weighted by molar-refractivity contribution is 5.80. The lowest BCUT2D eigenvalue weighted by molar-refractivity contribution is -0.138. The number of nitrogens with one attached hydrogen (secondary N) is 1. The van der Waals surface area contributed by atoms with Gasteiger partial charge in [-0.15, -0.1) is 0 Å². The summed E-state index contributed by atoms with van der Waals surface area (Å²) in [5, 5.41) is 0. The molecule has 2 amide bonds. The number of piperazine rings is 1. The van der Waals surface area contributed by atoms with E-state index in [-0.39, 0.29) is 11.8 Å². The normalized spacial score (nSPS) is 14.7. The minimum absolute atomic E-state index is 0.114. The van der Waals surface area contributed by atoms with Crippen molar-refractivity contribution >= 4 is 11.8 Å². The molecule has 5 heteroatoms. The number of rotatable bonds is 4. The van der Waals surface area contributed by atoms with E-state index in [1.807, 2.05) is 59.3 Å². The molecule has 126 valence electrons. The first-order valence-corrected chi connectivity index (χ1v) is 8.35. The van der Waals surface area contributed by atoms with Gasteiger partial charge in [-0.05, 0) is 24.6 Å². The Hall–Kier alpha value is -2.56. The van der Waals surface area contributed by atoms with Crippen LogP contribution in [0.2, 0.25) is 0 Å². The van der Waals surface area contributed by atoms with Gasteiger partial charge in [0.2, 0.25) is 11.8 Å². The third kappa shape index (κ3) is 4.04. The molecule has 0 spiro atoms. The van der Waals surface area contributed by atoms with Crippen LogP contribution in [0.1, 0.15) is 16.8 Å². The summed E-state index contributed by atoms with van der Waals surface area (Å²) in [6.45, 7) is 4.48. The Morgan fingerprint density at radius 2 is 1.50 bits per heavy atom. The van der Waals surface area contributed by atoms with Gasteiger partial charge in [0.25, 0.3) is 0 Å². The predicted molar refractivity (Wildman–Crippen MR) is 92.5 cm³/mol. The highest BCUT2D eigenvalue weighted by Gasteiger charge is 2.24. The van der Waals surface area contributed by atoms with Crippen LogP contribution in [0.15, 0.2) is 42.6 Å². The summed E-state index contributed by atoms with van der Waals surface area (Å²) in [6.07, 6.45) is 2.64. The smallest absolute Gasteiger partial charge is 0.228 e. The molecule has 2 aromatic rings. The van der Waals surface area contributed by atoms with Crippen LogP contribution in [0.4, 0.5) is 0 Å². The zero-order valence-electron chi connectivity index (χ0n) is 14.0. The maximum absolute atomic E-state index is 12.4. The van der Waals surface area contributed by atoms with E-state index < -0.39 is 0 Å². The van der Waals surface area contributed by atoms with Crippen LogP contribution >= 0.6 is 0 Å². The maximum atomic E-state index is 12.4. The number of hydrogen-bond donors (Lipinski definition) is 1. The van der Waals surface area contributed by atoms with Crippen LogP contribution in [0.3, 0.4) is 0 Å². The van der Waals surface area contributed by atoms with Crippen LogP contribution < -0.4 is 0 Å². The summed E-state index contributed by atoms with van der Waals surface area (Å²) in [4.78, 5) is 31.4. The van der Waals surface area contributed by atoms with Crippen LogP contribution in [-0.4, -0.2) is 52.8 Å². The summed E-state index contributed by atoms with van der Waals surface area (Å²) in [5.74, 6) is 0.249. The number of aryl methyl sites for hydroxylation is 1. The molecule has 1 aromatic heterocycles. The van der Waals surface area contributed by atoms with Gasteiger partial charge in [-0.25, -0.2) is 0 Å². The first-order valence-electron chi connectivity index (χ1n) is 8.35. The number of benzene rings is 1. The fraction of sp³-hybridized carbons (Fsp3) is 0.368. The highest BCUT2D eigenvalue weighted by atomic mass is 16.2. The minimum Gasteiger partial charge on any atom is -0.365 e. The minimum atomic E-state index is 0.114. The van der Waals surface area contributed by atoms with Gasteiger partial charge >= 0.3 is 0 Å². The number of aromatic nitrogens is 1. The van der Waals surface area contributed by atoms with Crippen LogP contribution in [0.25, 0.3) is 0 Å². The molecule has 0 atom stereocenters. The monoisotopic (exact) mass is 325 g/mol. The van der Waals surface area contributed by atoms with E-state index in [2.05, 4.69) is 4.98 Å². The van der Waals surface area contributed by atoms with Gasteiger partial charge in [0.1, 0.15) is 0 Å². The Morgan fingerprint density at radius 3 is 2.04 bits per heavy atom. The molecular weight excluding hydrogens is 302 g/mol. The number of nitrogens with zero attached hydrogens (tertiary/aromatic N) is 2. The molecule has 0 radical (unpaired) electrons. The number of H-pyrrole nitrogens is 1. The molecule has 3 rings (SSSR count). The molecule has 1 aromatic carbocycles. The lowest BCUT2D eigenvalue weighted by atomic mass is 10.1. The van der Waals surface area contributed by atoms with Crippen molar-refractivity contribution in [1.82, 2.24) is 14.8 Å². The molecule has 2 heterocycles. The third-order valence-corrected chi connectivity index (χ3v) is 4.47. The Bertz CT molecular complexity index is 684. The Morgan fingerprint density at radius 1 is 0.917 bits per heavy atom. The first kappa shape index (κ1) is 16.3. The van der Waals surface area contributed by atoms with Gasteiger partial charge in [-0.1, -0.05) is 29.8 Å². The summed E-state index contributed by atoms with van der Waals surface area (Å²) in [7, 11) is 0. The van der Waals surface area contributed by atoms with Crippen molar-refractivity contribution in [2.24, 2.45) is 0 Å². The third-order valence-electron chi connectivity index (χ3n) is 4.47. The van der Waals surface area contributed by atoms with Crippen molar-refractivity contribution in [2.45, 2.75) is 19.8 Å². The largest absolute Gasteiger partial charge is 0.365 e. The van der Waals surface area contributed by atoms with Gasteiger partial charge in [0.15, 0.2) is 0 Å². The second kappa shape index (κ2) is 7.34. The average Bonchev–Trinajstić information content (AvgIpc) is 3.10. The van der Waals surface area contributed by atoms with Gasteiger partial charge in [-0.3, -0.25) is 9.59 Å². The predicted octanol–water partition coefficient (Wildman–Crippen LogP) is 1.78. The van der Waals surface area contributed by atoms with E-state index in [0.717, 1.165) is 11.3 Å². The molecule has 0 aliphatic carbocycles. The zero-order chi connectivity index (χ0) is 16.9. The van der Waals surface area contributed by atoms with E-state index in [9.17, 15) is 9.59 Å². The lowest BCUT2D eigenvalue weighted by Gasteiger charge is -2.35. The van der Waals surface area contributed by atoms with Crippen molar-refractivity contribution in [2.75, 3.05) is 26.2 Å². The van der Waals surface area contributed by atoms with Gasteiger partial charge in [0.05, 0.1) is 12.8 Å². The molecule has 0 saturated carbocycles. The Labute approximate surface area is 142 Å². The van der Waals surface area contributed by atoms with E-state index in [0.29, 0.717) is 39.0 Å². The van der Waals surface area contributed by atoms with E-state index in [1.54, 1.807) is 0 Å². The van der Waals surface area contributed by atoms with Crippen LogP contribution in [-0.2, 0) is 22.4 Å². The Balaban J connectivity index is 1.48. The quantitative estimate of drug-likeness (QED) is 0.931. The second-order valence-electron chi connectivity index (χ2n) is 6.30. The molecule has 1 N–H and O–H groups in total. The highest BCUT2D eigenvalue weighted by Crippen LogP contribution is 2.10. The van der Waals surface area contributed by atoms with E-state index >= 15 is 0 Å². The number of amides is 2. The summed E-state index contributed by atoms with van der Waals surface area (Å²) in [5.41, 5.74) is 3.16. The molecule has 1 aliphatic rings. The molecule has 24 heavy (non-hydrogen) atoms. The fourth-order valence-corrected chi connectivity index (χ4v) is 2.95. The number of aromatic amines is 1. The standard InChI is InChI=1S/C19H23N3O2/c1-15-4-6-16(7-5-15)13-18(23)21-9-11-22(12-10-21)19(24)14-17-3-2-8-20-17/h2-8,20H,9-14H2,1H3. The lowest BCUT2D eigenvalue weighted by Crippen LogP contribution is -2.51. The van der Waals surface area contributed by atoms with Crippen molar-refractivity contribution in [1.29, 1.82) is 0 Å². The van der Waals surface area contributed by atoms with E-state index in [1.165, 1.54) is 5.56 Å². The van der Waals surface area contributed by atoms with Gasteiger partial charge < -0.3 is 14.8 Å². The van der Waals surface area contributed by atoms with Gasteiger partial charge in [0, 0.05) is 38.1 Å². The molecule has 0 bridgehead atoms. The van der Waals surface area contributed by atoms with Crippen LogP contribution in [0, 0.1) is 6.92 Å². The summed E-state index contributed by atoms with van der Waals surface area (Å²) in [6, 6.07) is 11.9. The number of hydrogen-bond acceptors (Lipinski definition) is 2. The maximum Gasteiger partial charge on any atom is 0.228 e. The summed E-state index contributed by atoms with van der Waals surface area (Å²) >= 11 is 0. The number of carbonyl (C=O) groups is 2. The zero-order valence-corrected chi connectivity index (χ0v) is 14.0. The second-order valence-corrected chi connectivity index (χ2v) is 6.30. The molecule has 1 saturated heterocycles. The first-order chi connectivity index (χ1) is 11.6. The van der Waals surface area contributed by atoms with Crippen molar-refractivity contribution < 1.29 is 9.59 Å². The van der Waals surface area contributed by atoms with Gasteiger partial charge in [-0.2, -0.15) is 0 Å². The molecule has 1 aliphatic heterocycles. The van der Waals surface area contributed by atoms with Crippen molar-refractivity contribution in [3.8, 4) is 0 Å². The fourth-order valence-electron chi connectivity index (χ4n) is 2.95. The topological polar surface area (TPSA) is 56.4 Å². The molecule has 1 fully saturated rings. The molecular formula is C19H23N3O2.